The third-order valence-corrected chi connectivity index (χ3v) is 2.93. The number of hydrogen-bond donors (Lipinski definition) is 2. The molecule has 10 nitrogen and oxygen atoms in total. The molecule has 0 rings (SSSR count). The number of amides is 1. The standard InChI is InChI=1S/C14H20ClNO9/c1-6(17)16-11(14(15)22)13(25-9(4)20)12(24-8(3)19)10(21)5-23-7(2)18/h10-13,21H,5H2,1-4H3,(H,16,17)/t10-,11-,12+,13-/m1/s1. The summed E-state index contributed by atoms with van der Waals surface area (Å²) in [6.07, 6.45) is -4.95. The monoisotopic (exact) mass is 381 g/mol. The van der Waals surface area contributed by atoms with Crippen molar-refractivity contribution >= 4 is 40.7 Å². The van der Waals surface area contributed by atoms with E-state index in [2.05, 4.69) is 10.1 Å². The number of halogens is 1. The molecule has 0 aliphatic heterocycles. The molecule has 0 aliphatic carbocycles. The van der Waals surface area contributed by atoms with E-state index in [9.17, 15) is 29.1 Å². The van der Waals surface area contributed by atoms with E-state index < -0.39 is 60.0 Å². The van der Waals surface area contributed by atoms with E-state index in [4.69, 9.17) is 21.1 Å². The molecule has 0 saturated carbocycles. The second-order valence-electron chi connectivity index (χ2n) is 5.00. The highest BCUT2D eigenvalue weighted by Gasteiger charge is 2.43. The summed E-state index contributed by atoms with van der Waals surface area (Å²) in [5, 5.41) is 11.2. The number of hydrogen-bond acceptors (Lipinski definition) is 9. The third-order valence-electron chi connectivity index (χ3n) is 2.70. The van der Waals surface area contributed by atoms with E-state index in [0.717, 1.165) is 27.7 Å². The molecule has 142 valence electrons. The van der Waals surface area contributed by atoms with Crippen molar-refractivity contribution in [2.24, 2.45) is 0 Å². The Labute approximate surface area is 148 Å². The highest BCUT2D eigenvalue weighted by atomic mass is 35.5. The van der Waals surface area contributed by atoms with Crippen molar-refractivity contribution in [1.82, 2.24) is 5.32 Å². The van der Waals surface area contributed by atoms with Crippen LogP contribution in [0.5, 0.6) is 0 Å². The number of carbonyl (C=O) groups is 5. The smallest absolute Gasteiger partial charge is 0.303 e. The summed E-state index contributed by atoms with van der Waals surface area (Å²) in [6.45, 7) is 3.55. The molecule has 4 atom stereocenters. The molecule has 0 spiro atoms. The Morgan fingerprint density at radius 1 is 0.920 bits per heavy atom. The van der Waals surface area contributed by atoms with Crippen molar-refractivity contribution < 1.29 is 43.3 Å². The quantitative estimate of drug-likeness (QED) is 0.293. The van der Waals surface area contributed by atoms with E-state index >= 15 is 0 Å². The molecule has 0 fully saturated rings. The molecular weight excluding hydrogens is 362 g/mol. The van der Waals surface area contributed by atoms with Crippen LogP contribution in [0.25, 0.3) is 0 Å². The van der Waals surface area contributed by atoms with Gasteiger partial charge in [-0.05, 0) is 11.6 Å². The minimum atomic E-state index is -1.66. The minimum absolute atomic E-state index is 0.617. The summed E-state index contributed by atoms with van der Waals surface area (Å²) >= 11 is 5.43. The van der Waals surface area contributed by atoms with E-state index in [-0.39, 0.29) is 0 Å². The molecule has 2 N–H and O–H groups in total. The number of carbonyl (C=O) groups excluding carboxylic acids is 5. The van der Waals surface area contributed by atoms with Crippen LogP contribution in [-0.2, 0) is 38.2 Å². The Bertz CT molecular complexity index is 536. The van der Waals surface area contributed by atoms with Crippen LogP contribution in [0.3, 0.4) is 0 Å². The van der Waals surface area contributed by atoms with Crippen molar-refractivity contribution in [3.8, 4) is 0 Å². The topological polar surface area (TPSA) is 145 Å². The Hall–Kier alpha value is -2.20. The summed E-state index contributed by atoms with van der Waals surface area (Å²) < 4.78 is 14.4. The Balaban J connectivity index is 5.74. The highest BCUT2D eigenvalue weighted by molar-refractivity contribution is 6.65. The second kappa shape index (κ2) is 10.6. The van der Waals surface area contributed by atoms with Crippen LogP contribution in [0.4, 0.5) is 0 Å². The number of rotatable bonds is 9. The molecular formula is C14H20ClNO9. The van der Waals surface area contributed by atoms with Gasteiger partial charge in [0.15, 0.2) is 12.2 Å². The fraction of sp³-hybridized carbons (Fsp3) is 0.643. The number of aliphatic hydroxyl groups is 1. The zero-order valence-corrected chi connectivity index (χ0v) is 14.9. The summed E-state index contributed by atoms with van der Waals surface area (Å²) in [5.41, 5.74) is 0. The van der Waals surface area contributed by atoms with Crippen LogP contribution in [0.1, 0.15) is 27.7 Å². The van der Waals surface area contributed by atoms with E-state index in [0.29, 0.717) is 0 Å². The molecule has 0 aromatic heterocycles. The summed E-state index contributed by atoms with van der Waals surface area (Å²) in [7, 11) is 0. The summed E-state index contributed by atoms with van der Waals surface area (Å²) in [4.78, 5) is 56.4. The van der Waals surface area contributed by atoms with Gasteiger partial charge in [0.2, 0.25) is 11.1 Å². The van der Waals surface area contributed by atoms with Crippen molar-refractivity contribution in [3.05, 3.63) is 0 Å². The molecule has 1 amide bonds. The van der Waals surface area contributed by atoms with Gasteiger partial charge in [0.1, 0.15) is 18.8 Å². The first-order chi connectivity index (χ1) is 11.5. The lowest BCUT2D eigenvalue weighted by Gasteiger charge is -2.33. The zero-order chi connectivity index (χ0) is 19.7. The molecule has 0 aromatic rings. The van der Waals surface area contributed by atoms with Gasteiger partial charge in [-0.3, -0.25) is 24.0 Å². The highest BCUT2D eigenvalue weighted by Crippen LogP contribution is 2.17. The van der Waals surface area contributed by atoms with Gasteiger partial charge in [0.25, 0.3) is 0 Å². The van der Waals surface area contributed by atoms with Crippen molar-refractivity contribution in [2.75, 3.05) is 6.61 Å². The normalized spacial score (nSPS) is 15.1. The Kier molecular flexibility index (Phi) is 9.69. The number of esters is 3. The van der Waals surface area contributed by atoms with Gasteiger partial charge in [-0.15, -0.1) is 0 Å². The van der Waals surface area contributed by atoms with Gasteiger partial charge in [0.05, 0.1) is 0 Å². The predicted molar refractivity (Wildman–Crippen MR) is 82.2 cm³/mol. The molecule has 11 heteroatoms. The van der Waals surface area contributed by atoms with Crippen LogP contribution >= 0.6 is 11.6 Å². The van der Waals surface area contributed by atoms with E-state index in [1.165, 1.54) is 0 Å². The molecule has 0 radical (unpaired) electrons. The number of nitrogens with one attached hydrogen (secondary N) is 1. The SMILES string of the molecule is CC(=O)N[C@@H](C(=O)Cl)[C@@H](OC(C)=O)[C@@H](OC(C)=O)[C@H](O)COC(C)=O. The van der Waals surface area contributed by atoms with Crippen molar-refractivity contribution in [1.29, 1.82) is 0 Å². The first kappa shape index (κ1) is 22.8. The molecule has 0 saturated heterocycles. The maximum absolute atomic E-state index is 11.6. The second-order valence-corrected chi connectivity index (χ2v) is 5.37. The maximum Gasteiger partial charge on any atom is 0.303 e. The molecule has 0 heterocycles. The summed E-state index contributed by atoms with van der Waals surface area (Å²) in [5.74, 6) is -3.19. The Morgan fingerprint density at radius 3 is 1.76 bits per heavy atom. The average molecular weight is 382 g/mol. The minimum Gasteiger partial charge on any atom is -0.463 e. The van der Waals surface area contributed by atoms with Crippen LogP contribution < -0.4 is 5.32 Å². The maximum atomic E-state index is 11.6. The van der Waals surface area contributed by atoms with Crippen molar-refractivity contribution in [3.63, 3.8) is 0 Å². The van der Waals surface area contributed by atoms with Gasteiger partial charge < -0.3 is 24.6 Å². The number of aliphatic hydroxyl groups excluding tert-OH is 1. The fourth-order valence-electron chi connectivity index (χ4n) is 1.86. The lowest BCUT2D eigenvalue weighted by Crippen LogP contribution is -2.57. The first-order valence-corrected chi connectivity index (χ1v) is 7.45. The number of ether oxygens (including phenoxy) is 3. The van der Waals surface area contributed by atoms with Crippen LogP contribution in [0.2, 0.25) is 0 Å². The van der Waals surface area contributed by atoms with Gasteiger partial charge in [-0.25, -0.2) is 0 Å². The largest absolute Gasteiger partial charge is 0.463 e. The molecule has 25 heavy (non-hydrogen) atoms. The van der Waals surface area contributed by atoms with Gasteiger partial charge in [0, 0.05) is 27.7 Å². The summed E-state index contributed by atoms with van der Waals surface area (Å²) in [6, 6.07) is -1.61. The lowest BCUT2D eigenvalue weighted by atomic mass is 10.0. The third kappa shape index (κ3) is 9.01. The van der Waals surface area contributed by atoms with Crippen LogP contribution in [0, 0.1) is 0 Å². The van der Waals surface area contributed by atoms with Gasteiger partial charge in [-0.1, -0.05) is 0 Å². The first-order valence-electron chi connectivity index (χ1n) is 7.08. The molecule has 0 unspecified atom stereocenters. The van der Waals surface area contributed by atoms with E-state index in [1.807, 2.05) is 0 Å². The van der Waals surface area contributed by atoms with Crippen LogP contribution in [-0.4, -0.2) is 65.1 Å². The van der Waals surface area contributed by atoms with Crippen molar-refractivity contribution in [2.45, 2.75) is 52.0 Å². The Morgan fingerprint density at radius 2 is 1.40 bits per heavy atom. The lowest BCUT2D eigenvalue weighted by molar-refractivity contribution is -0.183. The predicted octanol–water partition coefficient (Wildman–Crippen LogP) is -0.956. The zero-order valence-electron chi connectivity index (χ0n) is 14.1. The van der Waals surface area contributed by atoms with Gasteiger partial charge >= 0.3 is 17.9 Å². The van der Waals surface area contributed by atoms with Gasteiger partial charge in [-0.2, -0.15) is 0 Å². The average Bonchev–Trinajstić information content (AvgIpc) is 2.45. The molecule has 0 aliphatic rings. The molecule has 0 aromatic carbocycles. The van der Waals surface area contributed by atoms with Crippen LogP contribution in [0.15, 0.2) is 0 Å². The fourth-order valence-corrected chi connectivity index (χ4v) is 2.04. The van der Waals surface area contributed by atoms with E-state index in [1.54, 1.807) is 0 Å². The molecule has 0 bridgehead atoms.